The van der Waals surface area contributed by atoms with E-state index in [0.29, 0.717) is 23.6 Å². The number of hydrogen-bond acceptors (Lipinski definition) is 5. The zero-order valence-corrected chi connectivity index (χ0v) is 12.5. The van der Waals surface area contributed by atoms with Crippen LogP contribution in [0.25, 0.3) is 0 Å². The lowest BCUT2D eigenvalue weighted by Crippen LogP contribution is -2.24. The maximum atomic E-state index is 10.4. The van der Waals surface area contributed by atoms with Crippen LogP contribution in [0, 0.1) is 0 Å². The van der Waals surface area contributed by atoms with Crippen molar-refractivity contribution in [3.05, 3.63) is 47.9 Å². The fourth-order valence-electron chi connectivity index (χ4n) is 2.14. The third-order valence-electron chi connectivity index (χ3n) is 3.38. The van der Waals surface area contributed by atoms with Crippen LogP contribution in [0.1, 0.15) is 30.4 Å². The predicted octanol–water partition coefficient (Wildman–Crippen LogP) is 2.68. The average molecular weight is 291 g/mol. The van der Waals surface area contributed by atoms with Crippen LogP contribution in [0.3, 0.4) is 0 Å². The Morgan fingerprint density at radius 3 is 2.67 bits per heavy atom. The molecule has 1 unspecified atom stereocenters. The van der Waals surface area contributed by atoms with Gasteiger partial charge in [-0.3, -0.25) is 0 Å². The van der Waals surface area contributed by atoms with Crippen molar-refractivity contribution >= 4 is 0 Å². The molecule has 21 heavy (non-hydrogen) atoms. The maximum absolute atomic E-state index is 10.4. The number of furan rings is 1. The molecule has 0 aliphatic rings. The normalized spacial score (nSPS) is 13.7. The van der Waals surface area contributed by atoms with Crippen molar-refractivity contribution in [2.45, 2.75) is 19.1 Å². The van der Waals surface area contributed by atoms with Gasteiger partial charge in [-0.2, -0.15) is 0 Å². The van der Waals surface area contributed by atoms with E-state index in [9.17, 15) is 5.11 Å². The molecule has 1 heterocycles. The molecule has 0 bridgehead atoms. The van der Waals surface area contributed by atoms with Gasteiger partial charge in [-0.1, -0.05) is 0 Å². The Morgan fingerprint density at radius 2 is 2.05 bits per heavy atom. The van der Waals surface area contributed by atoms with Gasteiger partial charge < -0.3 is 24.3 Å². The van der Waals surface area contributed by atoms with E-state index >= 15 is 0 Å². The molecule has 0 amide bonds. The van der Waals surface area contributed by atoms with Gasteiger partial charge >= 0.3 is 0 Å². The van der Waals surface area contributed by atoms with Crippen molar-refractivity contribution in [2.24, 2.45) is 0 Å². The molecule has 2 rings (SSSR count). The first-order valence-electron chi connectivity index (χ1n) is 6.82. The van der Waals surface area contributed by atoms with E-state index in [0.717, 1.165) is 5.76 Å². The smallest absolute Gasteiger partial charge is 0.124 e. The fourth-order valence-corrected chi connectivity index (χ4v) is 2.14. The van der Waals surface area contributed by atoms with E-state index in [1.54, 1.807) is 38.7 Å². The molecule has 5 heteroatoms. The molecular weight excluding hydrogens is 270 g/mol. The number of aliphatic hydroxyl groups is 1. The number of benzene rings is 1. The lowest BCUT2D eigenvalue weighted by atomic mass is 10.1. The number of rotatable bonds is 7. The molecule has 5 nitrogen and oxygen atoms in total. The summed E-state index contributed by atoms with van der Waals surface area (Å²) >= 11 is 0. The minimum absolute atomic E-state index is 0.0197. The van der Waals surface area contributed by atoms with Gasteiger partial charge in [-0.05, 0) is 37.3 Å². The highest BCUT2D eigenvalue weighted by Gasteiger charge is 2.16. The SMILES string of the molecule is COc1ccc(OC)c(C(O)CN[C@@H](C)c2ccco2)c1. The molecule has 0 radical (unpaired) electrons. The minimum atomic E-state index is -0.701. The minimum Gasteiger partial charge on any atom is -0.497 e. The number of aliphatic hydroxyl groups excluding tert-OH is 1. The number of ether oxygens (including phenoxy) is 2. The molecule has 1 aromatic heterocycles. The monoisotopic (exact) mass is 291 g/mol. The van der Waals surface area contributed by atoms with E-state index in [1.165, 1.54) is 0 Å². The molecule has 0 saturated heterocycles. The first kappa shape index (κ1) is 15.4. The highest BCUT2D eigenvalue weighted by atomic mass is 16.5. The Balaban J connectivity index is 2.04. The molecule has 2 N–H and O–H groups in total. The zero-order chi connectivity index (χ0) is 15.2. The molecular formula is C16H21NO4. The third kappa shape index (κ3) is 3.77. The maximum Gasteiger partial charge on any atom is 0.124 e. The van der Waals surface area contributed by atoms with Gasteiger partial charge in [0, 0.05) is 12.1 Å². The first-order valence-corrected chi connectivity index (χ1v) is 6.82. The lowest BCUT2D eigenvalue weighted by Gasteiger charge is -2.18. The second-order valence-electron chi connectivity index (χ2n) is 4.77. The number of nitrogens with one attached hydrogen (secondary N) is 1. The van der Waals surface area contributed by atoms with Crippen LogP contribution in [-0.2, 0) is 0 Å². The summed E-state index contributed by atoms with van der Waals surface area (Å²) < 4.78 is 15.8. The van der Waals surface area contributed by atoms with Crippen LogP contribution >= 0.6 is 0 Å². The summed E-state index contributed by atoms with van der Waals surface area (Å²) in [6.45, 7) is 2.36. The average Bonchev–Trinajstić information content (AvgIpc) is 3.06. The Morgan fingerprint density at radius 1 is 1.24 bits per heavy atom. The molecule has 114 valence electrons. The van der Waals surface area contributed by atoms with Crippen molar-refractivity contribution in [2.75, 3.05) is 20.8 Å². The quantitative estimate of drug-likeness (QED) is 0.821. The molecule has 0 spiro atoms. The summed E-state index contributed by atoms with van der Waals surface area (Å²) in [6, 6.07) is 9.13. The van der Waals surface area contributed by atoms with Crippen molar-refractivity contribution < 1.29 is 19.0 Å². The van der Waals surface area contributed by atoms with Crippen LogP contribution in [0.4, 0.5) is 0 Å². The highest BCUT2D eigenvalue weighted by Crippen LogP contribution is 2.29. The third-order valence-corrected chi connectivity index (χ3v) is 3.38. The summed E-state index contributed by atoms with van der Waals surface area (Å²) in [6.07, 6.45) is 0.933. The van der Waals surface area contributed by atoms with E-state index in [1.807, 2.05) is 19.1 Å². The van der Waals surface area contributed by atoms with Crippen LogP contribution in [0.15, 0.2) is 41.0 Å². The van der Waals surface area contributed by atoms with Crippen LogP contribution < -0.4 is 14.8 Å². The van der Waals surface area contributed by atoms with Crippen LogP contribution in [0.5, 0.6) is 11.5 Å². The van der Waals surface area contributed by atoms with E-state index in [2.05, 4.69) is 5.32 Å². The summed E-state index contributed by atoms with van der Waals surface area (Å²) in [7, 11) is 3.17. The van der Waals surface area contributed by atoms with Crippen LogP contribution in [0.2, 0.25) is 0 Å². The second-order valence-corrected chi connectivity index (χ2v) is 4.77. The van der Waals surface area contributed by atoms with Gasteiger partial charge in [0.2, 0.25) is 0 Å². The van der Waals surface area contributed by atoms with Crippen molar-refractivity contribution in [1.82, 2.24) is 5.32 Å². The predicted molar refractivity (Wildman–Crippen MR) is 79.6 cm³/mol. The van der Waals surface area contributed by atoms with Gasteiger partial charge in [-0.15, -0.1) is 0 Å². The topological polar surface area (TPSA) is 63.9 Å². The zero-order valence-electron chi connectivity index (χ0n) is 12.5. The van der Waals surface area contributed by atoms with Gasteiger partial charge in [0.1, 0.15) is 17.3 Å². The first-order chi connectivity index (χ1) is 10.2. The van der Waals surface area contributed by atoms with Crippen molar-refractivity contribution in [3.63, 3.8) is 0 Å². The van der Waals surface area contributed by atoms with E-state index in [4.69, 9.17) is 13.9 Å². The molecule has 2 aromatic rings. The molecule has 0 aliphatic heterocycles. The Labute approximate surface area is 124 Å². The van der Waals surface area contributed by atoms with Crippen molar-refractivity contribution in [3.8, 4) is 11.5 Å². The summed E-state index contributed by atoms with van der Waals surface area (Å²) in [5.41, 5.74) is 0.691. The number of methoxy groups -OCH3 is 2. The summed E-state index contributed by atoms with van der Waals surface area (Å²) in [5, 5.41) is 13.6. The molecule has 1 aromatic carbocycles. The molecule has 0 fully saturated rings. The van der Waals surface area contributed by atoms with Crippen LogP contribution in [-0.4, -0.2) is 25.9 Å². The Hall–Kier alpha value is -1.98. The van der Waals surface area contributed by atoms with Gasteiger partial charge in [0.05, 0.1) is 32.6 Å². The highest BCUT2D eigenvalue weighted by molar-refractivity contribution is 5.41. The summed E-state index contributed by atoms with van der Waals surface area (Å²) in [4.78, 5) is 0. The molecule has 2 atom stereocenters. The lowest BCUT2D eigenvalue weighted by molar-refractivity contribution is 0.164. The second kappa shape index (κ2) is 7.15. The van der Waals surface area contributed by atoms with Gasteiger partial charge in [0.15, 0.2) is 0 Å². The molecule has 0 aliphatic carbocycles. The Kier molecular flexibility index (Phi) is 5.25. The van der Waals surface area contributed by atoms with E-state index < -0.39 is 6.10 Å². The van der Waals surface area contributed by atoms with E-state index in [-0.39, 0.29) is 6.04 Å². The van der Waals surface area contributed by atoms with Gasteiger partial charge in [-0.25, -0.2) is 0 Å². The van der Waals surface area contributed by atoms with Crippen molar-refractivity contribution in [1.29, 1.82) is 0 Å². The largest absolute Gasteiger partial charge is 0.497 e. The fraction of sp³-hybridized carbons (Fsp3) is 0.375. The van der Waals surface area contributed by atoms with Gasteiger partial charge in [0.25, 0.3) is 0 Å². The standard InChI is InChI=1S/C16H21NO4/c1-11(15-5-4-8-21-15)17-10-14(18)13-9-12(19-2)6-7-16(13)20-3/h4-9,11,14,17-18H,10H2,1-3H3/t11-,14?/m0/s1. The summed E-state index contributed by atoms with van der Waals surface area (Å²) in [5.74, 6) is 2.15. The number of hydrogen-bond donors (Lipinski definition) is 2. The molecule has 0 saturated carbocycles. The Bertz CT molecular complexity index is 553.